The van der Waals surface area contributed by atoms with Crippen LogP contribution in [0, 0.1) is 17.5 Å². The zero-order chi connectivity index (χ0) is 23.4. The molecule has 1 N–H and O–H groups in total. The third-order valence-corrected chi connectivity index (χ3v) is 7.44. The summed E-state index contributed by atoms with van der Waals surface area (Å²) in [7, 11) is 0. The Labute approximate surface area is 193 Å². The molecule has 0 radical (unpaired) electrons. The van der Waals surface area contributed by atoms with Gasteiger partial charge in [-0.05, 0) is 76.8 Å². The minimum atomic E-state index is -1.56. The molecule has 8 heteroatoms. The van der Waals surface area contributed by atoms with E-state index in [9.17, 15) is 9.18 Å². The maximum absolute atomic E-state index is 15.6. The first-order chi connectivity index (χ1) is 15.2. The number of nitrogens with one attached hydrogen (secondary N) is 1. The van der Waals surface area contributed by atoms with Crippen molar-refractivity contribution < 1.29 is 18.3 Å². The van der Waals surface area contributed by atoms with E-state index in [-0.39, 0.29) is 17.3 Å². The molecule has 32 heavy (non-hydrogen) atoms. The van der Waals surface area contributed by atoms with Gasteiger partial charge in [-0.2, -0.15) is 4.39 Å². The number of carbonyl (C=O) groups is 1. The van der Waals surface area contributed by atoms with Crippen LogP contribution in [0.2, 0.25) is 0 Å². The summed E-state index contributed by atoms with van der Waals surface area (Å²) >= 11 is 1.09. The summed E-state index contributed by atoms with van der Waals surface area (Å²) in [5.74, 6) is 0. The van der Waals surface area contributed by atoms with E-state index in [1.807, 2.05) is 26.1 Å². The molecule has 1 aliphatic rings. The molecule has 1 saturated heterocycles. The van der Waals surface area contributed by atoms with E-state index in [1.54, 1.807) is 6.07 Å². The van der Waals surface area contributed by atoms with E-state index in [0.717, 1.165) is 27.5 Å². The summed E-state index contributed by atoms with van der Waals surface area (Å²) in [6, 6.07) is 7.23. The Hall–Kier alpha value is -2.06. The third-order valence-electron chi connectivity index (χ3n) is 6.51. The predicted molar refractivity (Wildman–Crippen MR) is 123 cm³/mol. The Morgan fingerprint density at radius 3 is 2.78 bits per heavy atom. The highest BCUT2D eigenvalue weighted by atomic mass is 32.1. The number of alkyl carbamates (subject to hydrolysis) is 1. The van der Waals surface area contributed by atoms with Crippen LogP contribution >= 0.6 is 11.3 Å². The average Bonchev–Trinajstić information content (AvgIpc) is 3.38. The Morgan fingerprint density at radius 1 is 1.38 bits per heavy atom. The second-order valence-corrected chi connectivity index (χ2v) is 10.2. The third kappa shape index (κ3) is 5.64. The van der Waals surface area contributed by atoms with Crippen molar-refractivity contribution in [2.75, 3.05) is 19.7 Å². The standard InChI is InChI=1S/C24H33F2N3O2S/c1-5-14-31-22(30)28-21(26)24(11-10-19-8-9-20(25)32-19)12-13-29(16-24)23(3,4)18-7-6-17(2)27-15-18/h6-9,15,21H,5,10-14,16H2,1-4H3,(H,28,30)/t21-,24?/m0/s1. The number of alkyl halides is 1. The lowest BCUT2D eigenvalue weighted by Crippen LogP contribution is -2.49. The van der Waals surface area contributed by atoms with Gasteiger partial charge in [-0.3, -0.25) is 15.2 Å². The normalized spacial score (nSPS) is 20.3. The van der Waals surface area contributed by atoms with Crippen molar-refractivity contribution in [2.45, 2.75) is 65.2 Å². The topological polar surface area (TPSA) is 54.5 Å². The van der Waals surface area contributed by atoms with Crippen LogP contribution in [0.4, 0.5) is 13.6 Å². The van der Waals surface area contributed by atoms with Crippen LogP contribution in [0.25, 0.3) is 0 Å². The number of pyridine rings is 1. The number of amides is 1. The van der Waals surface area contributed by atoms with Gasteiger partial charge in [0.2, 0.25) is 0 Å². The van der Waals surface area contributed by atoms with Gasteiger partial charge in [0.1, 0.15) is 0 Å². The predicted octanol–water partition coefficient (Wildman–Crippen LogP) is 5.58. The number of thiophene rings is 1. The van der Waals surface area contributed by atoms with Crippen LogP contribution in [0.1, 0.15) is 56.2 Å². The minimum Gasteiger partial charge on any atom is -0.450 e. The molecule has 1 unspecified atom stereocenters. The molecule has 3 heterocycles. The zero-order valence-electron chi connectivity index (χ0n) is 19.3. The first kappa shape index (κ1) is 24.6. The Morgan fingerprint density at radius 2 is 2.16 bits per heavy atom. The largest absolute Gasteiger partial charge is 0.450 e. The van der Waals surface area contributed by atoms with Gasteiger partial charge in [0.25, 0.3) is 0 Å². The Bertz CT molecular complexity index is 903. The molecule has 0 bridgehead atoms. The van der Waals surface area contributed by atoms with E-state index in [4.69, 9.17) is 4.74 Å². The monoisotopic (exact) mass is 465 g/mol. The highest BCUT2D eigenvalue weighted by Gasteiger charge is 2.49. The highest BCUT2D eigenvalue weighted by molar-refractivity contribution is 7.10. The second kappa shape index (κ2) is 10.3. The molecule has 1 aliphatic heterocycles. The number of aromatic nitrogens is 1. The van der Waals surface area contributed by atoms with Crippen LogP contribution in [0.3, 0.4) is 0 Å². The average molecular weight is 466 g/mol. The number of halogens is 2. The van der Waals surface area contributed by atoms with Crippen LogP contribution in [0.5, 0.6) is 0 Å². The van der Waals surface area contributed by atoms with Crippen molar-refractivity contribution in [1.82, 2.24) is 15.2 Å². The van der Waals surface area contributed by atoms with Gasteiger partial charge in [0, 0.05) is 34.3 Å². The number of aryl methyl sites for hydroxylation is 2. The second-order valence-electron chi connectivity index (χ2n) is 9.13. The van der Waals surface area contributed by atoms with Gasteiger partial charge in [-0.25, -0.2) is 9.18 Å². The van der Waals surface area contributed by atoms with Gasteiger partial charge < -0.3 is 4.74 Å². The zero-order valence-corrected chi connectivity index (χ0v) is 20.1. The van der Waals surface area contributed by atoms with Crippen molar-refractivity contribution in [3.05, 3.63) is 51.7 Å². The number of carbonyl (C=O) groups excluding carboxylic acids is 1. The first-order valence-corrected chi connectivity index (χ1v) is 12.0. The SMILES string of the molecule is CCCOC(=O)N[C@H](F)C1(CCc2ccc(F)s2)CCN(C(C)(C)c2ccc(C)nc2)C1. The number of likely N-dealkylation sites (tertiary alicyclic amines) is 1. The highest BCUT2D eigenvalue weighted by Crippen LogP contribution is 2.44. The summed E-state index contributed by atoms with van der Waals surface area (Å²) in [6.45, 7) is 9.46. The molecule has 0 aromatic carbocycles. The molecule has 2 aromatic heterocycles. The van der Waals surface area contributed by atoms with Crippen LogP contribution in [-0.2, 0) is 16.7 Å². The number of rotatable bonds is 9. The number of hydrogen-bond donors (Lipinski definition) is 1. The van der Waals surface area contributed by atoms with E-state index < -0.39 is 17.8 Å². The lowest BCUT2D eigenvalue weighted by Gasteiger charge is -2.39. The molecular formula is C24H33F2N3O2S. The Balaban J connectivity index is 1.79. The first-order valence-electron chi connectivity index (χ1n) is 11.2. The van der Waals surface area contributed by atoms with Gasteiger partial charge in [0.15, 0.2) is 11.4 Å². The van der Waals surface area contributed by atoms with Crippen molar-refractivity contribution >= 4 is 17.4 Å². The van der Waals surface area contributed by atoms with Crippen LogP contribution in [0.15, 0.2) is 30.5 Å². The van der Waals surface area contributed by atoms with E-state index in [2.05, 4.69) is 35.1 Å². The molecule has 1 amide bonds. The molecule has 3 rings (SSSR count). The maximum Gasteiger partial charge on any atom is 0.409 e. The molecule has 0 aliphatic carbocycles. The van der Waals surface area contributed by atoms with Crippen LogP contribution in [-0.4, -0.2) is 42.0 Å². The molecule has 5 nitrogen and oxygen atoms in total. The van der Waals surface area contributed by atoms with Gasteiger partial charge in [-0.15, -0.1) is 11.3 Å². The van der Waals surface area contributed by atoms with Gasteiger partial charge in [0.05, 0.1) is 6.61 Å². The van der Waals surface area contributed by atoms with Crippen molar-refractivity contribution in [3.63, 3.8) is 0 Å². The summed E-state index contributed by atoms with van der Waals surface area (Å²) in [5.41, 5.74) is 0.869. The Kier molecular flexibility index (Phi) is 7.88. The van der Waals surface area contributed by atoms with Crippen molar-refractivity contribution in [3.8, 4) is 0 Å². The number of hydrogen-bond acceptors (Lipinski definition) is 5. The lowest BCUT2D eigenvalue weighted by molar-refractivity contribution is 0.0463. The fraction of sp³-hybridized carbons (Fsp3) is 0.583. The van der Waals surface area contributed by atoms with Crippen molar-refractivity contribution in [1.29, 1.82) is 0 Å². The van der Waals surface area contributed by atoms with E-state index in [1.165, 1.54) is 6.07 Å². The van der Waals surface area contributed by atoms with Gasteiger partial charge in [-0.1, -0.05) is 13.0 Å². The van der Waals surface area contributed by atoms with E-state index >= 15 is 4.39 Å². The van der Waals surface area contributed by atoms with Gasteiger partial charge >= 0.3 is 6.09 Å². The molecule has 0 saturated carbocycles. The summed E-state index contributed by atoms with van der Waals surface area (Å²) in [6.07, 6.45) is 1.89. The fourth-order valence-electron chi connectivity index (χ4n) is 4.27. The lowest BCUT2D eigenvalue weighted by atomic mass is 9.80. The quantitative estimate of drug-likeness (QED) is 0.491. The minimum absolute atomic E-state index is 0.242. The van der Waals surface area contributed by atoms with E-state index in [0.29, 0.717) is 38.8 Å². The molecule has 2 atom stereocenters. The van der Waals surface area contributed by atoms with Crippen molar-refractivity contribution in [2.24, 2.45) is 5.41 Å². The molecule has 1 fully saturated rings. The molecule has 0 spiro atoms. The smallest absolute Gasteiger partial charge is 0.409 e. The summed E-state index contributed by atoms with van der Waals surface area (Å²) < 4.78 is 34.2. The summed E-state index contributed by atoms with van der Waals surface area (Å²) in [5, 5.41) is 2.18. The number of nitrogens with zero attached hydrogens (tertiary/aromatic N) is 2. The summed E-state index contributed by atoms with van der Waals surface area (Å²) in [4.78, 5) is 19.6. The fourth-order valence-corrected chi connectivity index (χ4v) is 5.00. The van der Waals surface area contributed by atoms with Crippen LogP contribution < -0.4 is 5.32 Å². The number of ether oxygens (including phenoxy) is 1. The maximum atomic E-state index is 15.6. The molecule has 2 aromatic rings. The molecular weight excluding hydrogens is 432 g/mol. The molecule has 176 valence electrons.